The van der Waals surface area contributed by atoms with Crippen LogP contribution >= 0.6 is 11.3 Å². The molecule has 1 fully saturated rings. The van der Waals surface area contributed by atoms with E-state index in [1.807, 2.05) is 0 Å². The van der Waals surface area contributed by atoms with Crippen molar-refractivity contribution >= 4 is 50.8 Å². The summed E-state index contributed by atoms with van der Waals surface area (Å²) in [6, 6.07) is 8.78. The summed E-state index contributed by atoms with van der Waals surface area (Å²) in [6.07, 6.45) is 2.77. The minimum atomic E-state index is -1.11. The average Bonchev–Trinajstić information content (AvgIpc) is 3.27. The number of anilines is 2. The number of benzene rings is 1. The first-order valence-corrected chi connectivity index (χ1v) is 13.8. The largest absolute Gasteiger partial charge is 0.480 e. The van der Waals surface area contributed by atoms with Crippen LogP contribution in [-0.4, -0.2) is 65.2 Å². The van der Waals surface area contributed by atoms with E-state index >= 15 is 0 Å². The molecule has 3 heterocycles. The molecular formula is C27H34N6O5S. The number of aliphatic carboxylic acids is 1. The second kappa shape index (κ2) is 12.4. The summed E-state index contributed by atoms with van der Waals surface area (Å²) in [4.78, 5) is 42.5. The van der Waals surface area contributed by atoms with E-state index in [-0.39, 0.29) is 6.04 Å². The van der Waals surface area contributed by atoms with E-state index in [9.17, 15) is 19.5 Å². The predicted molar refractivity (Wildman–Crippen MR) is 151 cm³/mol. The first-order valence-electron chi connectivity index (χ1n) is 13.0. The number of aryl methyl sites for hydroxylation is 1. The van der Waals surface area contributed by atoms with Gasteiger partial charge in [0.05, 0.1) is 11.8 Å². The highest BCUT2D eigenvalue weighted by Gasteiger charge is 2.24. The summed E-state index contributed by atoms with van der Waals surface area (Å²) in [5.41, 5.74) is 14.3. The fourth-order valence-electron chi connectivity index (χ4n) is 4.82. The van der Waals surface area contributed by atoms with Gasteiger partial charge in [0, 0.05) is 36.6 Å². The molecule has 8 N–H and O–H groups in total. The number of pyridine rings is 1. The van der Waals surface area contributed by atoms with Gasteiger partial charge in [-0.05, 0) is 48.6 Å². The van der Waals surface area contributed by atoms with Crippen molar-refractivity contribution in [2.24, 2.45) is 5.73 Å². The summed E-state index contributed by atoms with van der Waals surface area (Å²) < 4.78 is 0. The Morgan fingerprint density at radius 1 is 1.21 bits per heavy atom. The normalized spacial score (nSPS) is 14.9. The van der Waals surface area contributed by atoms with Crippen molar-refractivity contribution in [1.82, 2.24) is 15.6 Å². The number of aliphatic hydroxyl groups excluding tert-OH is 1. The first kappa shape index (κ1) is 28.3. The molecule has 11 nitrogen and oxygen atoms in total. The first-order chi connectivity index (χ1) is 18.7. The van der Waals surface area contributed by atoms with Gasteiger partial charge in [-0.1, -0.05) is 25.5 Å². The molecule has 1 unspecified atom stereocenters. The number of nitrogens with zero attached hydrogens (tertiary/aromatic N) is 2. The fourth-order valence-corrected chi connectivity index (χ4v) is 5.81. The Balaban J connectivity index is 1.33. The van der Waals surface area contributed by atoms with Gasteiger partial charge in [-0.15, -0.1) is 11.3 Å². The van der Waals surface area contributed by atoms with Crippen LogP contribution in [0.5, 0.6) is 0 Å². The third kappa shape index (κ3) is 6.64. The molecule has 3 aromatic rings. The predicted octanol–water partition coefficient (Wildman–Crippen LogP) is 2.04. The molecule has 39 heavy (non-hydrogen) atoms. The molecule has 208 valence electrons. The fraction of sp³-hybridized carbons (Fsp3) is 0.407. The maximum absolute atomic E-state index is 12.0. The number of amides is 2. The van der Waals surface area contributed by atoms with E-state index in [1.54, 1.807) is 24.3 Å². The molecule has 2 amide bonds. The molecule has 0 aliphatic carbocycles. The molecule has 1 aromatic carbocycles. The molecule has 0 spiro atoms. The second-order valence-electron chi connectivity index (χ2n) is 9.66. The van der Waals surface area contributed by atoms with Crippen LogP contribution < -0.4 is 27.0 Å². The lowest BCUT2D eigenvalue weighted by atomic mass is 10.0. The average molecular weight is 555 g/mol. The van der Waals surface area contributed by atoms with E-state index < -0.39 is 30.4 Å². The van der Waals surface area contributed by atoms with Crippen LogP contribution in [0.1, 0.15) is 63.4 Å². The van der Waals surface area contributed by atoms with Crippen molar-refractivity contribution in [3.05, 3.63) is 51.9 Å². The Morgan fingerprint density at radius 3 is 2.51 bits per heavy atom. The zero-order chi connectivity index (χ0) is 28.1. The van der Waals surface area contributed by atoms with Crippen molar-refractivity contribution < 1.29 is 24.6 Å². The number of thiophene rings is 1. The Morgan fingerprint density at radius 2 is 1.90 bits per heavy atom. The number of nitrogen functional groups attached to an aromatic ring is 1. The van der Waals surface area contributed by atoms with Crippen LogP contribution in [0.25, 0.3) is 10.2 Å². The number of nitrogens with two attached hydrogens (primary N) is 2. The number of piperidine rings is 1. The Bertz CT molecular complexity index is 1350. The molecule has 4 rings (SSSR count). The van der Waals surface area contributed by atoms with Crippen molar-refractivity contribution in [3.8, 4) is 0 Å². The number of aliphatic hydroxyl groups is 1. The number of hydrogen-bond donors (Lipinski definition) is 6. The Labute approximate surface area is 230 Å². The number of rotatable bonds is 11. The maximum atomic E-state index is 12.0. The highest BCUT2D eigenvalue weighted by atomic mass is 32.1. The zero-order valence-electron chi connectivity index (χ0n) is 21.8. The SMILES string of the molecule is CCCc1cc(N2CCC(NCC(O)c3ccc(C(=O)NCC(=O)O)cc3)CC2)nc2sc(C(N)=O)c(N)c12. The molecule has 0 radical (unpaired) electrons. The van der Waals surface area contributed by atoms with Gasteiger partial charge in [0.15, 0.2) is 0 Å². The van der Waals surface area contributed by atoms with E-state index in [1.165, 1.54) is 11.3 Å². The van der Waals surface area contributed by atoms with E-state index in [0.717, 1.165) is 60.4 Å². The van der Waals surface area contributed by atoms with Gasteiger partial charge < -0.3 is 37.2 Å². The van der Waals surface area contributed by atoms with Gasteiger partial charge in [0.25, 0.3) is 11.8 Å². The molecule has 1 atom stereocenters. The highest BCUT2D eigenvalue weighted by Crippen LogP contribution is 2.37. The standard InChI is InChI=1S/C27H34N6O5S/c1-2-3-17-12-20(32-27-22(17)23(28)24(39-27)25(29)37)33-10-8-18(9-11-33)30-13-19(34)15-4-6-16(7-5-15)26(38)31-14-21(35)36/h4-7,12,18-19,30,34H,2-3,8-11,13-14,28H2,1H3,(H2,29,37)(H,31,38)(H,35,36). The van der Waals surface area contributed by atoms with Gasteiger partial charge in [-0.25, -0.2) is 4.98 Å². The molecular weight excluding hydrogens is 520 g/mol. The van der Waals surface area contributed by atoms with Gasteiger partial charge in [0.1, 0.15) is 22.1 Å². The summed E-state index contributed by atoms with van der Waals surface area (Å²) in [6.45, 7) is 3.60. The molecule has 0 bridgehead atoms. The van der Waals surface area contributed by atoms with Crippen LogP contribution in [-0.2, 0) is 11.2 Å². The van der Waals surface area contributed by atoms with Crippen LogP contribution in [0.3, 0.4) is 0 Å². The van der Waals surface area contributed by atoms with E-state index in [0.29, 0.717) is 28.2 Å². The number of primary amides is 1. The maximum Gasteiger partial charge on any atom is 0.322 e. The number of carbonyl (C=O) groups excluding carboxylic acids is 2. The number of carbonyl (C=O) groups is 3. The smallest absolute Gasteiger partial charge is 0.322 e. The summed E-state index contributed by atoms with van der Waals surface area (Å²) in [5.74, 6) is -1.26. The van der Waals surface area contributed by atoms with Crippen LogP contribution in [0.4, 0.5) is 11.5 Å². The van der Waals surface area contributed by atoms with Crippen molar-refractivity contribution in [2.75, 3.05) is 36.8 Å². The molecule has 0 saturated carbocycles. The minimum Gasteiger partial charge on any atom is -0.480 e. The van der Waals surface area contributed by atoms with E-state index in [4.69, 9.17) is 21.6 Å². The van der Waals surface area contributed by atoms with Crippen molar-refractivity contribution in [1.29, 1.82) is 0 Å². The summed E-state index contributed by atoms with van der Waals surface area (Å²) in [7, 11) is 0. The summed E-state index contributed by atoms with van der Waals surface area (Å²) >= 11 is 1.24. The molecule has 12 heteroatoms. The van der Waals surface area contributed by atoms with Gasteiger partial charge in [0.2, 0.25) is 0 Å². The Hall–Kier alpha value is -3.74. The topological polar surface area (TPSA) is 184 Å². The van der Waals surface area contributed by atoms with Crippen LogP contribution in [0.15, 0.2) is 30.3 Å². The molecule has 1 saturated heterocycles. The lowest BCUT2D eigenvalue weighted by Gasteiger charge is -2.34. The third-order valence-corrected chi connectivity index (χ3v) is 8.00. The lowest BCUT2D eigenvalue weighted by molar-refractivity contribution is -0.135. The Kier molecular flexibility index (Phi) is 9.00. The number of carboxylic acids is 1. The highest BCUT2D eigenvalue weighted by molar-refractivity contribution is 7.21. The van der Waals surface area contributed by atoms with Crippen molar-refractivity contribution in [2.45, 2.75) is 44.8 Å². The minimum absolute atomic E-state index is 0.231. The van der Waals surface area contributed by atoms with Gasteiger partial charge >= 0.3 is 5.97 Å². The van der Waals surface area contributed by atoms with Crippen LogP contribution in [0, 0.1) is 0 Å². The van der Waals surface area contributed by atoms with Gasteiger partial charge in [-0.3, -0.25) is 14.4 Å². The number of fused-ring (bicyclic) bond motifs is 1. The molecule has 1 aliphatic rings. The number of carboxylic acid groups (broad SMARTS) is 1. The van der Waals surface area contributed by atoms with Gasteiger partial charge in [-0.2, -0.15) is 0 Å². The van der Waals surface area contributed by atoms with E-state index in [2.05, 4.69) is 28.5 Å². The quantitative estimate of drug-likeness (QED) is 0.206. The van der Waals surface area contributed by atoms with Crippen molar-refractivity contribution in [3.63, 3.8) is 0 Å². The third-order valence-electron chi connectivity index (χ3n) is 6.89. The molecule has 2 aromatic heterocycles. The summed E-state index contributed by atoms with van der Waals surface area (Å²) in [5, 5.41) is 25.9. The molecule has 1 aliphatic heterocycles. The van der Waals surface area contributed by atoms with Crippen LogP contribution in [0.2, 0.25) is 0 Å². The number of nitrogens with one attached hydrogen (secondary N) is 2. The number of aromatic nitrogens is 1. The number of hydrogen-bond acceptors (Lipinski definition) is 9. The zero-order valence-corrected chi connectivity index (χ0v) is 22.6. The monoisotopic (exact) mass is 554 g/mol. The lowest BCUT2D eigenvalue weighted by Crippen LogP contribution is -2.44. The second-order valence-corrected chi connectivity index (χ2v) is 10.7.